The van der Waals surface area contributed by atoms with E-state index in [0.717, 1.165) is 6.42 Å². The molecule has 0 aromatic carbocycles. The Morgan fingerprint density at radius 2 is 2.25 bits per heavy atom. The molecule has 1 atom stereocenters. The molecule has 0 aliphatic heterocycles. The van der Waals surface area contributed by atoms with E-state index in [9.17, 15) is 4.79 Å². The maximum Gasteiger partial charge on any atom is 0.314 e. The van der Waals surface area contributed by atoms with Gasteiger partial charge in [0.05, 0.1) is 12.0 Å². The summed E-state index contributed by atoms with van der Waals surface area (Å²) in [6.45, 7) is 4.83. The summed E-state index contributed by atoms with van der Waals surface area (Å²) in [5.74, 6) is -0.127. The minimum Gasteiger partial charge on any atom is -0.338 e. The van der Waals surface area contributed by atoms with Gasteiger partial charge in [0, 0.05) is 13.1 Å². The molecule has 0 heterocycles. The highest BCUT2D eigenvalue weighted by atomic mass is 16.2. The third-order valence-corrected chi connectivity index (χ3v) is 1.32. The van der Waals surface area contributed by atoms with Gasteiger partial charge in [0.15, 0.2) is 0 Å². The number of amides is 2. The molecule has 0 radical (unpaired) electrons. The summed E-state index contributed by atoms with van der Waals surface area (Å²) < 4.78 is 0. The Bertz CT molecular complexity index is 174. The fourth-order valence-corrected chi connectivity index (χ4v) is 0.592. The van der Waals surface area contributed by atoms with Crippen LogP contribution in [-0.2, 0) is 0 Å². The van der Waals surface area contributed by atoms with Crippen molar-refractivity contribution in [1.29, 1.82) is 5.26 Å². The molecule has 2 amide bonds. The van der Waals surface area contributed by atoms with Gasteiger partial charge in [0.2, 0.25) is 0 Å². The Morgan fingerprint density at radius 1 is 1.58 bits per heavy atom. The summed E-state index contributed by atoms with van der Waals surface area (Å²) in [4.78, 5) is 10.9. The topological polar surface area (TPSA) is 64.9 Å². The lowest BCUT2D eigenvalue weighted by molar-refractivity contribution is 0.240. The van der Waals surface area contributed by atoms with Gasteiger partial charge in [-0.2, -0.15) is 5.26 Å². The number of rotatable bonds is 4. The van der Waals surface area contributed by atoms with Gasteiger partial charge in [-0.3, -0.25) is 0 Å². The minimum atomic E-state index is -0.195. The summed E-state index contributed by atoms with van der Waals surface area (Å²) >= 11 is 0. The number of hydrogen-bond acceptors (Lipinski definition) is 2. The highest BCUT2D eigenvalue weighted by molar-refractivity contribution is 5.73. The molecular formula is C8H15N3O. The van der Waals surface area contributed by atoms with Crippen LogP contribution in [0.4, 0.5) is 4.79 Å². The molecule has 0 saturated carbocycles. The molecule has 1 unspecified atom stereocenters. The highest BCUT2D eigenvalue weighted by Crippen LogP contribution is 1.86. The first-order valence-corrected chi connectivity index (χ1v) is 4.12. The van der Waals surface area contributed by atoms with E-state index < -0.39 is 0 Å². The van der Waals surface area contributed by atoms with Crippen LogP contribution in [0.15, 0.2) is 0 Å². The number of urea groups is 1. The lowest BCUT2D eigenvalue weighted by Crippen LogP contribution is -2.37. The first-order valence-electron chi connectivity index (χ1n) is 4.12. The third kappa shape index (κ3) is 5.54. The standard InChI is InChI=1S/C8H15N3O/c1-3-4-10-8(12)11-6-7(2)5-9/h7H,3-4,6H2,1-2H3,(H2,10,11,12). The fourth-order valence-electron chi connectivity index (χ4n) is 0.592. The molecule has 0 aliphatic carbocycles. The van der Waals surface area contributed by atoms with Crippen LogP contribution in [0, 0.1) is 17.2 Å². The van der Waals surface area contributed by atoms with Crippen LogP contribution in [0.25, 0.3) is 0 Å². The Morgan fingerprint density at radius 3 is 2.75 bits per heavy atom. The minimum absolute atomic E-state index is 0.127. The van der Waals surface area contributed by atoms with Gasteiger partial charge in [0.25, 0.3) is 0 Å². The van der Waals surface area contributed by atoms with Gasteiger partial charge in [-0.25, -0.2) is 4.79 Å². The zero-order valence-electron chi connectivity index (χ0n) is 7.55. The van der Waals surface area contributed by atoms with Gasteiger partial charge >= 0.3 is 6.03 Å². The molecule has 0 aromatic heterocycles. The average Bonchev–Trinajstić information content (AvgIpc) is 2.10. The van der Waals surface area contributed by atoms with E-state index in [2.05, 4.69) is 10.6 Å². The normalized spacial score (nSPS) is 11.4. The van der Waals surface area contributed by atoms with E-state index in [1.165, 1.54) is 0 Å². The van der Waals surface area contributed by atoms with Crippen LogP contribution in [-0.4, -0.2) is 19.1 Å². The highest BCUT2D eigenvalue weighted by Gasteiger charge is 2.01. The summed E-state index contributed by atoms with van der Waals surface area (Å²) in [7, 11) is 0. The second kappa shape index (κ2) is 6.47. The quantitative estimate of drug-likeness (QED) is 0.655. The second-order valence-electron chi connectivity index (χ2n) is 2.67. The Labute approximate surface area is 72.9 Å². The van der Waals surface area contributed by atoms with E-state index >= 15 is 0 Å². The van der Waals surface area contributed by atoms with Crippen molar-refractivity contribution in [3.8, 4) is 6.07 Å². The van der Waals surface area contributed by atoms with Crippen LogP contribution in [0.2, 0.25) is 0 Å². The predicted molar refractivity (Wildman–Crippen MR) is 46.5 cm³/mol. The first-order chi connectivity index (χ1) is 5.70. The van der Waals surface area contributed by atoms with Crippen molar-refractivity contribution in [2.24, 2.45) is 5.92 Å². The molecule has 0 saturated heterocycles. The van der Waals surface area contributed by atoms with Crippen molar-refractivity contribution in [2.45, 2.75) is 20.3 Å². The summed E-state index contributed by atoms with van der Waals surface area (Å²) in [5.41, 5.74) is 0. The van der Waals surface area contributed by atoms with E-state index in [1.54, 1.807) is 6.92 Å². The zero-order chi connectivity index (χ0) is 9.40. The average molecular weight is 169 g/mol. The number of nitrogens with zero attached hydrogens (tertiary/aromatic N) is 1. The molecule has 4 heteroatoms. The van der Waals surface area contributed by atoms with E-state index in [4.69, 9.17) is 5.26 Å². The Hall–Kier alpha value is -1.24. The number of nitrogens with one attached hydrogen (secondary N) is 2. The molecule has 0 fully saturated rings. The van der Waals surface area contributed by atoms with Gasteiger partial charge in [-0.15, -0.1) is 0 Å². The van der Waals surface area contributed by atoms with Crippen molar-refractivity contribution in [2.75, 3.05) is 13.1 Å². The van der Waals surface area contributed by atoms with Gasteiger partial charge in [0.1, 0.15) is 0 Å². The maximum absolute atomic E-state index is 10.9. The van der Waals surface area contributed by atoms with Crippen LogP contribution >= 0.6 is 0 Å². The van der Waals surface area contributed by atoms with Crippen molar-refractivity contribution in [1.82, 2.24) is 10.6 Å². The molecule has 12 heavy (non-hydrogen) atoms. The predicted octanol–water partition coefficient (Wildman–Crippen LogP) is 0.855. The van der Waals surface area contributed by atoms with E-state index in [1.807, 2.05) is 13.0 Å². The van der Waals surface area contributed by atoms with Gasteiger partial charge in [-0.05, 0) is 13.3 Å². The monoisotopic (exact) mass is 169 g/mol. The lowest BCUT2D eigenvalue weighted by atomic mass is 10.2. The third-order valence-electron chi connectivity index (χ3n) is 1.32. The summed E-state index contributed by atoms with van der Waals surface area (Å²) in [6.07, 6.45) is 0.918. The van der Waals surface area contributed by atoms with E-state index in [-0.39, 0.29) is 11.9 Å². The zero-order valence-corrected chi connectivity index (χ0v) is 7.55. The number of carbonyl (C=O) groups is 1. The summed E-state index contributed by atoms with van der Waals surface area (Å²) in [5, 5.41) is 13.6. The first kappa shape index (κ1) is 10.8. The molecule has 0 spiro atoms. The fraction of sp³-hybridized carbons (Fsp3) is 0.750. The molecule has 0 aliphatic rings. The Kier molecular flexibility index (Phi) is 5.80. The van der Waals surface area contributed by atoms with Crippen LogP contribution < -0.4 is 10.6 Å². The van der Waals surface area contributed by atoms with Gasteiger partial charge < -0.3 is 10.6 Å². The van der Waals surface area contributed by atoms with Crippen LogP contribution in [0.3, 0.4) is 0 Å². The van der Waals surface area contributed by atoms with Crippen LogP contribution in [0.1, 0.15) is 20.3 Å². The van der Waals surface area contributed by atoms with Gasteiger partial charge in [-0.1, -0.05) is 6.92 Å². The largest absolute Gasteiger partial charge is 0.338 e. The summed E-state index contributed by atoms with van der Waals surface area (Å²) in [6, 6.07) is 1.84. The number of nitriles is 1. The molecule has 0 rings (SSSR count). The van der Waals surface area contributed by atoms with E-state index in [0.29, 0.717) is 13.1 Å². The van der Waals surface area contributed by atoms with Crippen LogP contribution in [0.5, 0.6) is 0 Å². The molecule has 68 valence electrons. The molecular weight excluding hydrogens is 154 g/mol. The number of hydrogen-bond donors (Lipinski definition) is 2. The molecule has 4 nitrogen and oxygen atoms in total. The maximum atomic E-state index is 10.9. The van der Waals surface area contributed by atoms with Crippen molar-refractivity contribution >= 4 is 6.03 Å². The van der Waals surface area contributed by atoms with Crippen molar-refractivity contribution < 1.29 is 4.79 Å². The molecule has 2 N–H and O–H groups in total. The molecule has 0 aromatic rings. The Balaban J connectivity index is 3.39. The lowest BCUT2D eigenvalue weighted by Gasteiger charge is -2.06. The SMILES string of the molecule is CCCNC(=O)NCC(C)C#N. The van der Waals surface area contributed by atoms with Crippen molar-refractivity contribution in [3.63, 3.8) is 0 Å². The molecule has 0 bridgehead atoms. The second-order valence-corrected chi connectivity index (χ2v) is 2.67. The van der Waals surface area contributed by atoms with Crippen molar-refractivity contribution in [3.05, 3.63) is 0 Å². The number of carbonyl (C=O) groups excluding carboxylic acids is 1. The smallest absolute Gasteiger partial charge is 0.314 e.